The van der Waals surface area contributed by atoms with E-state index in [9.17, 15) is 9.59 Å². The lowest BCUT2D eigenvalue weighted by molar-refractivity contribution is -0.128. The molecule has 1 atom stereocenters. The van der Waals surface area contributed by atoms with Crippen LogP contribution in [0.25, 0.3) is 0 Å². The fourth-order valence-corrected chi connectivity index (χ4v) is 2.34. The van der Waals surface area contributed by atoms with Crippen LogP contribution in [0.1, 0.15) is 27.9 Å². The molecular weight excluding hydrogens is 268 g/mol. The molecule has 1 aliphatic rings. The second kappa shape index (κ2) is 6.42. The lowest BCUT2D eigenvalue weighted by Crippen LogP contribution is -2.40. The highest BCUT2D eigenvalue weighted by Gasteiger charge is 2.30. The van der Waals surface area contributed by atoms with Gasteiger partial charge in [-0.3, -0.25) is 9.59 Å². The minimum atomic E-state index is -0.450. The van der Waals surface area contributed by atoms with Gasteiger partial charge in [-0.2, -0.15) is 0 Å². The third-order valence-electron chi connectivity index (χ3n) is 3.61. The van der Waals surface area contributed by atoms with Crippen molar-refractivity contribution >= 4 is 11.8 Å². The Hall–Kier alpha value is -2.32. The van der Waals surface area contributed by atoms with Crippen LogP contribution in [0, 0.1) is 18.8 Å². The summed E-state index contributed by atoms with van der Waals surface area (Å²) in [5.41, 5.74) is 1.95. The molecule has 1 heterocycles. The van der Waals surface area contributed by atoms with Gasteiger partial charge in [0.2, 0.25) is 5.91 Å². The van der Waals surface area contributed by atoms with E-state index in [0.717, 1.165) is 5.56 Å². The van der Waals surface area contributed by atoms with Gasteiger partial charge in [-0.25, -0.2) is 0 Å². The van der Waals surface area contributed by atoms with Crippen molar-refractivity contribution in [3.05, 3.63) is 34.9 Å². The molecule has 0 aromatic heterocycles. The molecule has 0 aliphatic carbocycles. The van der Waals surface area contributed by atoms with E-state index in [2.05, 4.69) is 17.2 Å². The highest BCUT2D eigenvalue weighted by atomic mass is 16.2. The van der Waals surface area contributed by atoms with E-state index in [1.807, 2.05) is 0 Å². The number of likely N-dealkylation sites (N-methyl/N-ethyl adjacent to an activating group) is 1. The molecule has 1 aromatic carbocycles. The largest absolute Gasteiger partial charge is 0.384 e. The average molecular weight is 286 g/mol. The number of aliphatic hydroxyl groups excluding tert-OH is 1. The molecule has 0 bridgehead atoms. The van der Waals surface area contributed by atoms with Gasteiger partial charge in [0.15, 0.2) is 0 Å². The summed E-state index contributed by atoms with van der Waals surface area (Å²) in [4.78, 5) is 25.8. The zero-order valence-corrected chi connectivity index (χ0v) is 12.1. The van der Waals surface area contributed by atoms with E-state index < -0.39 is 6.04 Å². The summed E-state index contributed by atoms with van der Waals surface area (Å²) < 4.78 is 0. The van der Waals surface area contributed by atoms with Crippen LogP contribution < -0.4 is 5.32 Å². The van der Waals surface area contributed by atoms with E-state index in [-0.39, 0.29) is 18.4 Å². The highest BCUT2D eigenvalue weighted by Crippen LogP contribution is 2.15. The number of hydrogen-bond acceptors (Lipinski definition) is 3. The van der Waals surface area contributed by atoms with Crippen molar-refractivity contribution in [2.24, 2.45) is 0 Å². The maximum atomic E-state index is 12.3. The molecule has 21 heavy (non-hydrogen) atoms. The Morgan fingerprint density at radius 2 is 2.29 bits per heavy atom. The number of rotatable bonds is 2. The number of carbonyl (C=O) groups excluding carboxylic acids is 2. The van der Waals surface area contributed by atoms with Crippen LogP contribution in [-0.2, 0) is 4.79 Å². The van der Waals surface area contributed by atoms with Crippen LogP contribution in [0.2, 0.25) is 0 Å². The Kier molecular flexibility index (Phi) is 4.61. The summed E-state index contributed by atoms with van der Waals surface area (Å²) in [5.74, 6) is 5.05. The molecule has 0 saturated carbocycles. The molecule has 110 valence electrons. The lowest BCUT2D eigenvalue weighted by atomic mass is 10.0. The summed E-state index contributed by atoms with van der Waals surface area (Å²) in [7, 11) is 1.73. The van der Waals surface area contributed by atoms with E-state index in [0.29, 0.717) is 24.1 Å². The Morgan fingerprint density at radius 3 is 2.90 bits per heavy atom. The fourth-order valence-electron chi connectivity index (χ4n) is 2.34. The number of hydrogen-bond donors (Lipinski definition) is 2. The fraction of sp³-hybridized carbons (Fsp3) is 0.375. The predicted octanol–water partition coefficient (Wildman–Crippen LogP) is 0.299. The Bertz CT molecular complexity index is 628. The minimum Gasteiger partial charge on any atom is -0.384 e. The Morgan fingerprint density at radius 1 is 1.52 bits per heavy atom. The highest BCUT2D eigenvalue weighted by molar-refractivity contribution is 5.99. The molecule has 5 heteroatoms. The molecule has 0 spiro atoms. The van der Waals surface area contributed by atoms with Crippen molar-refractivity contribution in [2.45, 2.75) is 19.4 Å². The molecule has 5 nitrogen and oxygen atoms in total. The molecule has 2 rings (SSSR count). The summed E-state index contributed by atoms with van der Waals surface area (Å²) in [6.07, 6.45) is 0.629. The standard InChI is InChI=1S/C16H18N2O3/c1-11-12(6-4-10-19)5-3-7-13(11)15(20)17-14-8-9-18(2)16(14)21/h3,5,7,14,19H,8-10H2,1-2H3,(H,17,20). The van der Waals surface area contributed by atoms with E-state index in [1.165, 1.54) is 0 Å². The topological polar surface area (TPSA) is 69.6 Å². The van der Waals surface area contributed by atoms with E-state index >= 15 is 0 Å². The first-order chi connectivity index (χ1) is 10.0. The predicted molar refractivity (Wildman–Crippen MR) is 78.7 cm³/mol. The van der Waals surface area contributed by atoms with Gasteiger partial charge in [0.05, 0.1) is 0 Å². The van der Waals surface area contributed by atoms with Gasteiger partial charge >= 0.3 is 0 Å². The van der Waals surface area contributed by atoms with Gasteiger partial charge in [-0.1, -0.05) is 17.9 Å². The molecule has 1 fully saturated rings. The van der Waals surface area contributed by atoms with Crippen LogP contribution in [-0.4, -0.2) is 48.1 Å². The summed E-state index contributed by atoms with van der Waals surface area (Å²) in [5, 5.41) is 11.5. The maximum Gasteiger partial charge on any atom is 0.252 e. The van der Waals surface area contributed by atoms with Gasteiger partial charge in [0, 0.05) is 24.7 Å². The van der Waals surface area contributed by atoms with Crippen LogP contribution in [0.5, 0.6) is 0 Å². The van der Waals surface area contributed by atoms with E-state index in [4.69, 9.17) is 5.11 Å². The second-order valence-corrected chi connectivity index (χ2v) is 5.01. The Balaban J connectivity index is 2.18. The van der Waals surface area contributed by atoms with Crippen molar-refractivity contribution < 1.29 is 14.7 Å². The molecule has 1 saturated heterocycles. The van der Waals surface area contributed by atoms with Crippen LogP contribution in [0.15, 0.2) is 18.2 Å². The maximum absolute atomic E-state index is 12.3. The number of nitrogens with zero attached hydrogens (tertiary/aromatic N) is 1. The second-order valence-electron chi connectivity index (χ2n) is 5.01. The third-order valence-corrected chi connectivity index (χ3v) is 3.61. The third kappa shape index (κ3) is 3.23. The van der Waals surface area contributed by atoms with Crippen molar-refractivity contribution in [3.8, 4) is 11.8 Å². The molecule has 1 unspecified atom stereocenters. The molecule has 1 aliphatic heterocycles. The minimum absolute atomic E-state index is 0.0581. The quantitative estimate of drug-likeness (QED) is 0.768. The lowest BCUT2D eigenvalue weighted by Gasteiger charge is -2.14. The van der Waals surface area contributed by atoms with Crippen molar-refractivity contribution in [3.63, 3.8) is 0 Å². The number of nitrogens with one attached hydrogen (secondary N) is 1. The molecule has 2 N–H and O–H groups in total. The number of carbonyl (C=O) groups is 2. The average Bonchev–Trinajstić information content (AvgIpc) is 2.78. The van der Waals surface area contributed by atoms with Gasteiger partial charge in [-0.15, -0.1) is 0 Å². The number of amides is 2. The molecule has 1 aromatic rings. The van der Waals surface area contributed by atoms with Crippen LogP contribution in [0.3, 0.4) is 0 Å². The van der Waals surface area contributed by atoms with E-state index in [1.54, 1.807) is 37.1 Å². The number of aliphatic hydroxyl groups is 1. The van der Waals surface area contributed by atoms with Crippen molar-refractivity contribution in [1.29, 1.82) is 0 Å². The van der Waals surface area contributed by atoms with Gasteiger partial charge in [-0.05, 0) is 31.0 Å². The number of benzene rings is 1. The molecule has 2 amide bonds. The monoisotopic (exact) mass is 286 g/mol. The summed E-state index contributed by atoms with van der Waals surface area (Å²) >= 11 is 0. The van der Waals surface area contributed by atoms with Crippen molar-refractivity contribution in [2.75, 3.05) is 20.2 Å². The normalized spacial score (nSPS) is 17.4. The zero-order chi connectivity index (χ0) is 15.4. The SMILES string of the molecule is Cc1c(C#CCO)cccc1C(=O)NC1CCN(C)C1=O. The van der Waals surface area contributed by atoms with Gasteiger partial charge in [0.25, 0.3) is 5.91 Å². The summed E-state index contributed by atoms with van der Waals surface area (Å²) in [6.45, 7) is 2.24. The van der Waals surface area contributed by atoms with Crippen LogP contribution in [0.4, 0.5) is 0 Å². The summed E-state index contributed by atoms with van der Waals surface area (Å²) in [6, 6.07) is 4.79. The van der Waals surface area contributed by atoms with Gasteiger partial charge < -0.3 is 15.3 Å². The first kappa shape index (κ1) is 15.1. The number of likely N-dealkylation sites (tertiary alicyclic amines) is 1. The van der Waals surface area contributed by atoms with Crippen LogP contribution >= 0.6 is 0 Å². The Labute approximate surface area is 124 Å². The first-order valence-corrected chi connectivity index (χ1v) is 6.79. The molecule has 0 radical (unpaired) electrons. The first-order valence-electron chi connectivity index (χ1n) is 6.79. The van der Waals surface area contributed by atoms with Crippen molar-refractivity contribution in [1.82, 2.24) is 10.2 Å². The molecular formula is C16H18N2O3. The smallest absolute Gasteiger partial charge is 0.252 e. The van der Waals surface area contributed by atoms with Gasteiger partial charge in [0.1, 0.15) is 12.6 Å². The zero-order valence-electron chi connectivity index (χ0n) is 12.1.